The molecule has 0 bridgehead atoms. The third-order valence-corrected chi connectivity index (χ3v) is 9.69. The van der Waals surface area contributed by atoms with Gasteiger partial charge in [0.2, 0.25) is 5.78 Å². The lowest BCUT2D eigenvalue weighted by Crippen LogP contribution is -2.62. The second-order valence-electron chi connectivity index (χ2n) is 11.2. The smallest absolute Gasteiger partial charge is 0.342 e. The van der Waals surface area contributed by atoms with Gasteiger partial charge in [-0.2, -0.15) is 0 Å². The number of ketones is 2. The number of aromatic hydroxyl groups is 1. The Morgan fingerprint density at radius 3 is 2.61 bits per heavy atom. The second-order valence-corrected chi connectivity index (χ2v) is 11.2. The van der Waals surface area contributed by atoms with Crippen LogP contribution in [0.1, 0.15) is 56.3 Å². The topological polar surface area (TPSA) is 121 Å². The van der Waals surface area contributed by atoms with Crippen molar-refractivity contribution in [3.05, 3.63) is 53.4 Å². The van der Waals surface area contributed by atoms with Gasteiger partial charge in [0, 0.05) is 22.8 Å². The summed E-state index contributed by atoms with van der Waals surface area (Å²) in [6.07, 6.45) is 3.35. The first-order valence-electron chi connectivity index (χ1n) is 12.4. The van der Waals surface area contributed by atoms with Gasteiger partial charge in [-0.05, 0) is 69.1 Å². The summed E-state index contributed by atoms with van der Waals surface area (Å²) in [6, 6.07) is 5.82. The van der Waals surface area contributed by atoms with Gasteiger partial charge in [-0.3, -0.25) is 9.59 Å². The van der Waals surface area contributed by atoms with Crippen molar-refractivity contribution in [3.8, 4) is 5.75 Å². The van der Waals surface area contributed by atoms with Gasteiger partial charge < -0.3 is 20.1 Å². The molecule has 0 aromatic heterocycles. The molecule has 0 radical (unpaired) electrons. The van der Waals surface area contributed by atoms with Crippen LogP contribution in [0.4, 0.5) is 4.39 Å². The standard InChI is InChI=1S/C28H31FO7/c1-26-13-21(32)24-17(8-7-15-11-16(30)12-22(29)27(15,24)2)19(26)9-10-28(26,35)23(33)14-36-25(34)18-5-3-4-6-20(18)31/h3-6,11-12,17,19,21,24,31-32,35H,7-10,13-14H2,1-2H3/t17-,19-,21?,24+,26-,27+,28-/m0/s1. The summed E-state index contributed by atoms with van der Waals surface area (Å²) in [5.41, 5.74) is -3.29. The van der Waals surface area contributed by atoms with Crippen molar-refractivity contribution in [2.45, 2.75) is 57.7 Å². The van der Waals surface area contributed by atoms with Gasteiger partial charge in [-0.25, -0.2) is 9.18 Å². The minimum atomic E-state index is -1.82. The maximum absolute atomic E-state index is 15.3. The minimum Gasteiger partial charge on any atom is -0.507 e. The number of carbonyl (C=O) groups is 3. The number of halogens is 1. The predicted molar refractivity (Wildman–Crippen MR) is 126 cm³/mol. The number of hydrogen-bond donors (Lipinski definition) is 3. The van der Waals surface area contributed by atoms with Gasteiger partial charge in [0.05, 0.1) is 6.10 Å². The summed E-state index contributed by atoms with van der Waals surface area (Å²) in [7, 11) is 0. The molecule has 0 saturated heterocycles. The Kier molecular flexibility index (Phi) is 5.76. The molecular weight excluding hydrogens is 467 g/mol. The average molecular weight is 499 g/mol. The molecule has 0 aliphatic heterocycles. The third kappa shape index (κ3) is 3.34. The van der Waals surface area contributed by atoms with Gasteiger partial charge in [0.15, 0.2) is 12.4 Å². The highest BCUT2D eigenvalue weighted by Gasteiger charge is 2.69. The molecule has 1 unspecified atom stereocenters. The van der Waals surface area contributed by atoms with Gasteiger partial charge in [0.25, 0.3) is 0 Å². The number of carbonyl (C=O) groups excluding carboxylic acids is 3. The summed E-state index contributed by atoms with van der Waals surface area (Å²) < 4.78 is 20.4. The first kappa shape index (κ1) is 24.8. The SMILES string of the molecule is C[C@]12C(F)=CC(=O)C=C1CC[C@@H]1[C@@H]2C(O)C[C@@]2(C)[C@H]1CC[C@]2(O)C(=O)COC(=O)c1ccccc1O. The number of allylic oxidation sites excluding steroid dienone is 4. The van der Waals surface area contributed by atoms with Crippen LogP contribution in [0.2, 0.25) is 0 Å². The van der Waals surface area contributed by atoms with E-state index in [1.165, 1.54) is 18.2 Å². The summed E-state index contributed by atoms with van der Waals surface area (Å²) in [4.78, 5) is 37.6. The molecule has 4 aliphatic rings. The zero-order valence-electron chi connectivity index (χ0n) is 20.4. The van der Waals surface area contributed by atoms with Gasteiger partial charge in [-0.15, -0.1) is 0 Å². The minimum absolute atomic E-state index is 0.0796. The first-order chi connectivity index (χ1) is 16.9. The van der Waals surface area contributed by atoms with Gasteiger partial charge in [-0.1, -0.05) is 24.6 Å². The van der Waals surface area contributed by atoms with E-state index in [9.17, 15) is 29.7 Å². The Balaban J connectivity index is 1.39. The van der Waals surface area contributed by atoms with Crippen LogP contribution in [0, 0.1) is 28.6 Å². The van der Waals surface area contributed by atoms with Gasteiger partial charge in [0.1, 0.15) is 22.7 Å². The van der Waals surface area contributed by atoms with Crippen LogP contribution in [-0.4, -0.2) is 51.2 Å². The van der Waals surface area contributed by atoms with Crippen LogP contribution in [0.5, 0.6) is 5.75 Å². The van der Waals surface area contributed by atoms with Crippen LogP contribution >= 0.6 is 0 Å². The van der Waals surface area contributed by atoms with E-state index in [4.69, 9.17) is 4.74 Å². The molecule has 3 fully saturated rings. The van der Waals surface area contributed by atoms with E-state index in [0.29, 0.717) is 24.8 Å². The van der Waals surface area contributed by atoms with E-state index < -0.39 is 52.6 Å². The highest BCUT2D eigenvalue weighted by Crippen LogP contribution is 2.68. The molecule has 7 atom stereocenters. The molecule has 8 heteroatoms. The molecule has 0 heterocycles. The maximum atomic E-state index is 15.3. The fraction of sp³-hybridized carbons (Fsp3) is 0.536. The third-order valence-electron chi connectivity index (χ3n) is 9.69. The molecule has 1 aromatic rings. The molecule has 3 N–H and O–H groups in total. The molecule has 3 saturated carbocycles. The number of phenols is 1. The summed E-state index contributed by atoms with van der Waals surface area (Å²) >= 11 is 0. The number of esters is 1. The molecule has 7 nitrogen and oxygen atoms in total. The van der Waals surface area contributed by atoms with Crippen molar-refractivity contribution in [1.29, 1.82) is 0 Å². The number of fused-ring (bicyclic) bond motifs is 5. The van der Waals surface area contributed by atoms with Crippen LogP contribution in [0.15, 0.2) is 47.8 Å². The monoisotopic (exact) mass is 498 g/mol. The van der Waals surface area contributed by atoms with Crippen LogP contribution in [0.25, 0.3) is 0 Å². The fourth-order valence-electron chi connectivity index (χ4n) is 7.82. The Morgan fingerprint density at radius 2 is 1.89 bits per heavy atom. The molecule has 0 amide bonds. The van der Waals surface area contributed by atoms with Crippen LogP contribution in [-0.2, 0) is 14.3 Å². The van der Waals surface area contributed by atoms with Crippen LogP contribution < -0.4 is 0 Å². The number of benzene rings is 1. The number of Topliss-reactive ketones (excluding diaryl/α,β-unsaturated/α-hetero) is 1. The Bertz CT molecular complexity index is 1200. The van der Waals surface area contributed by atoms with Crippen molar-refractivity contribution in [2.75, 3.05) is 6.61 Å². The summed E-state index contributed by atoms with van der Waals surface area (Å²) in [6.45, 7) is 2.86. The van der Waals surface area contributed by atoms with E-state index in [0.717, 1.165) is 6.08 Å². The lowest BCUT2D eigenvalue weighted by atomic mass is 9.46. The molecule has 5 rings (SSSR count). The first-order valence-corrected chi connectivity index (χ1v) is 12.4. The number of rotatable bonds is 4. The number of phenolic OH excluding ortho intramolecular Hbond substituents is 1. The number of para-hydroxylation sites is 1. The molecule has 36 heavy (non-hydrogen) atoms. The zero-order chi connectivity index (χ0) is 26.0. The van der Waals surface area contributed by atoms with Gasteiger partial charge >= 0.3 is 5.97 Å². The van der Waals surface area contributed by atoms with Crippen molar-refractivity contribution in [1.82, 2.24) is 0 Å². The lowest BCUT2D eigenvalue weighted by Gasteiger charge is -2.59. The predicted octanol–water partition coefficient (Wildman–Crippen LogP) is 3.43. The highest BCUT2D eigenvalue weighted by atomic mass is 19.1. The number of aliphatic hydroxyl groups excluding tert-OH is 1. The number of ether oxygens (including phenoxy) is 1. The Hall–Kier alpha value is -2.84. The molecule has 192 valence electrons. The average Bonchev–Trinajstić information content (AvgIpc) is 3.09. The summed E-state index contributed by atoms with van der Waals surface area (Å²) in [5, 5.41) is 32.9. The number of hydrogen-bond acceptors (Lipinski definition) is 7. The molecule has 1 aromatic carbocycles. The summed E-state index contributed by atoms with van der Waals surface area (Å²) in [5.74, 6) is -3.50. The van der Waals surface area contributed by atoms with Crippen LogP contribution in [0.3, 0.4) is 0 Å². The van der Waals surface area contributed by atoms with Crippen molar-refractivity contribution >= 4 is 17.5 Å². The fourth-order valence-corrected chi connectivity index (χ4v) is 7.82. The van der Waals surface area contributed by atoms with E-state index in [1.54, 1.807) is 26.0 Å². The Morgan fingerprint density at radius 1 is 1.17 bits per heavy atom. The molecule has 0 spiro atoms. The van der Waals surface area contributed by atoms with E-state index in [2.05, 4.69) is 0 Å². The van der Waals surface area contributed by atoms with Crippen molar-refractivity contribution in [2.24, 2.45) is 28.6 Å². The molecule has 4 aliphatic carbocycles. The normalized spacial score (nSPS) is 39.3. The highest BCUT2D eigenvalue weighted by molar-refractivity contribution is 6.01. The quantitative estimate of drug-likeness (QED) is 0.544. The number of aliphatic hydroxyl groups is 2. The Labute approximate surface area is 208 Å². The molecular formula is C28H31FO7. The van der Waals surface area contributed by atoms with Crippen molar-refractivity contribution < 1.29 is 38.8 Å². The van der Waals surface area contributed by atoms with Crippen molar-refractivity contribution in [3.63, 3.8) is 0 Å². The lowest BCUT2D eigenvalue weighted by molar-refractivity contribution is -0.180. The largest absolute Gasteiger partial charge is 0.507 e. The maximum Gasteiger partial charge on any atom is 0.342 e. The zero-order valence-corrected chi connectivity index (χ0v) is 20.4. The van der Waals surface area contributed by atoms with E-state index >= 15 is 4.39 Å². The van der Waals surface area contributed by atoms with E-state index in [-0.39, 0.29) is 41.8 Å². The van der Waals surface area contributed by atoms with E-state index in [1.807, 2.05) is 0 Å². The second kappa shape index (κ2) is 8.35.